The molecular formula is C14H20BrClN2O4S. The predicted molar refractivity (Wildman–Crippen MR) is 93.6 cm³/mol. The number of rotatable bonds is 6. The zero-order valence-electron chi connectivity index (χ0n) is 12.7. The van der Waals surface area contributed by atoms with Crippen molar-refractivity contribution in [1.82, 2.24) is 10.0 Å². The number of halogens is 2. The fourth-order valence-corrected chi connectivity index (χ4v) is 4.07. The molecule has 9 heteroatoms. The van der Waals surface area contributed by atoms with Gasteiger partial charge in [-0.2, -0.15) is 0 Å². The number of hydrogen-bond acceptors (Lipinski definition) is 5. The first-order valence-electron chi connectivity index (χ1n) is 7.13. The molecule has 1 aromatic carbocycles. The standard InChI is InChI=1S/C14H19BrN2O4S.ClH/c1-2-21-14(18)10-6-11(15)8-13(7-10)22(19,20)17-9-12-4-3-5-16-12;/h6-8,12,16-17H,2-5,9H2,1H3;1H. The van der Waals surface area contributed by atoms with Gasteiger partial charge < -0.3 is 10.1 Å². The third-order valence-electron chi connectivity index (χ3n) is 3.37. The highest BCUT2D eigenvalue weighted by Crippen LogP contribution is 2.20. The summed E-state index contributed by atoms with van der Waals surface area (Å²) < 4.78 is 32.7. The molecule has 2 N–H and O–H groups in total. The number of benzene rings is 1. The summed E-state index contributed by atoms with van der Waals surface area (Å²) >= 11 is 3.23. The van der Waals surface area contributed by atoms with Crippen molar-refractivity contribution in [2.24, 2.45) is 0 Å². The Kier molecular flexibility index (Phi) is 7.96. The first kappa shape index (κ1) is 20.4. The molecule has 0 saturated carbocycles. The van der Waals surface area contributed by atoms with Crippen LogP contribution < -0.4 is 10.0 Å². The highest BCUT2D eigenvalue weighted by molar-refractivity contribution is 9.10. The Morgan fingerprint density at radius 2 is 2.17 bits per heavy atom. The van der Waals surface area contributed by atoms with Gasteiger partial charge in [-0.3, -0.25) is 0 Å². The Bertz CT molecular complexity index is 648. The van der Waals surface area contributed by atoms with Gasteiger partial charge in [-0.05, 0) is 44.5 Å². The van der Waals surface area contributed by atoms with E-state index in [9.17, 15) is 13.2 Å². The summed E-state index contributed by atoms with van der Waals surface area (Å²) in [6.07, 6.45) is 2.01. The van der Waals surface area contributed by atoms with Crippen LogP contribution in [0, 0.1) is 0 Å². The minimum atomic E-state index is -3.67. The van der Waals surface area contributed by atoms with Crippen molar-refractivity contribution in [3.05, 3.63) is 28.2 Å². The van der Waals surface area contributed by atoms with Gasteiger partial charge >= 0.3 is 5.97 Å². The largest absolute Gasteiger partial charge is 0.462 e. The highest BCUT2D eigenvalue weighted by atomic mass is 79.9. The van der Waals surface area contributed by atoms with Crippen LogP contribution in [0.25, 0.3) is 0 Å². The summed E-state index contributed by atoms with van der Waals surface area (Å²) in [7, 11) is -3.67. The van der Waals surface area contributed by atoms with Crippen molar-refractivity contribution in [2.75, 3.05) is 19.7 Å². The Hall–Kier alpha value is -0.670. The quantitative estimate of drug-likeness (QED) is 0.679. The van der Waals surface area contributed by atoms with Crippen LogP contribution in [0.4, 0.5) is 0 Å². The maximum atomic E-state index is 12.4. The summed E-state index contributed by atoms with van der Waals surface area (Å²) in [6, 6.07) is 4.49. The zero-order valence-corrected chi connectivity index (χ0v) is 15.9. The lowest BCUT2D eigenvalue weighted by Crippen LogP contribution is -2.37. The minimum absolute atomic E-state index is 0. The lowest BCUT2D eigenvalue weighted by atomic mass is 10.2. The van der Waals surface area contributed by atoms with Gasteiger partial charge in [0.2, 0.25) is 10.0 Å². The van der Waals surface area contributed by atoms with Gasteiger partial charge in [-0.1, -0.05) is 15.9 Å². The second kappa shape index (κ2) is 8.98. The lowest BCUT2D eigenvalue weighted by Gasteiger charge is -2.13. The summed E-state index contributed by atoms with van der Waals surface area (Å²) in [5.74, 6) is -0.544. The molecule has 0 amide bonds. The van der Waals surface area contributed by atoms with E-state index in [-0.39, 0.29) is 35.5 Å². The van der Waals surface area contributed by atoms with E-state index in [1.165, 1.54) is 18.2 Å². The number of esters is 1. The van der Waals surface area contributed by atoms with E-state index in [0.717, 1.165) is 19.4 Å². The van der Waals surface area contributed by atoms with Crippen molar-refractivity contribution in [1.29, 1.82) is 0 Å². The fourth-order valence-electron chi connectivity index (χ4n) is 2.27. The molecule has 130 valence electrons. The molecule has 1 saturated heterocycles. The molecule has 1 atom stereocenters. The Labute approximate surface area is 151 Å². The van der Waals surface area contributed by atoms with Gasteiger partial charge in [0, 0.05) is 17.1 Å². The molecule has 0 spiro atoms. The van der Waals surface area contributed by atoms with E-state index in [1.807, 2.05) is 0 Å². The summed E-state index contributed by atoms with van der Waals surface area (Å²) in [5.41, 5.74) is 0.204. The van der Waals surface area contributed by atoms with E-state index < -0.39 is 16.0 Å². The average Bonchev–Trinajstić information content (AvgIpc) is 2.98. The second-order valence-electron chi connectivity index (χ2n) is 5.04. The molecular weight excluding hydrogens is 408 g/mol. The van der Waals surface area contributed by atoms with Gasteiger partial charge in [-0.25, -0.2) is 17.9 Å². The first-order valence-corrected chi connectivity index (χ1v) is 9.41. The van der Waals surface area contributed by atoms with Crippen LogP contribution in [0.3, 0.4) is 0 Å². The van der Waals surface area contributed by atoms with E-state index >= 15 is 0 Å². The molecule has 23 heavy (non-hydrogen) atoms. The topological polar surface area (TPSA) is 84.5 Å². The van der Waals surface area contributed by atoms with E-state index in [0.29, 0.717) is 11.0 Å². The third kappa shape index (κ3) is 5.72. The van der Waals surface area contributed by atoms with Crippen LogP contribution in [0.5, 0.6) is 0 Å². The van der Waals surface area contributed by atoms with Gasteiger partial charge in [0.15, 0.2) is 0 Å². The van der Waals surface area contributed by atoms with Crippen molar-refractivity contribution in [2.45, 2.75) is 30.7 Å². The van der Waals surface area contributed by atoms with Gasteiger partial charge in [0.1, 0.15) is 0 Å². The summed E-state index contributed by atoms with van der Waals surface area (Å²) in [4.78, 5) is 11.8. The van der Waals surface area contributed by atoms with E-state index in [4.69, 9.17) is 4.74 Å². The molecule has 0 radical (unpaired) electrons. The maximum absolute atomic E-state index is 12.4. The van der Waals surface area contributed by atoms with E-state index in [1.54, 1.807) is 6.92 Å². The lowest BCUT2D eigenvalue weighted by molar-refractivity contribution is 0.0526. The SMILES string of the molecule is CCOC(=O)c1cc(Br)cc(S(=O)(=O)NCC2CCCN2)c1.Cl. The molecule has 0 bridgehead atoms. The third-order valence-corrected chi connectivity index (χ3v) is 5.24. The van der Waals surface area contributed by atoms with Crippen LogP contribution in [-0.4, -0.2) is 40.1 Å². The Balaban J connectivity index is 0.00000264. The normalized spacial score (nSPS) is 17.6. The number of hydrogen-bond donors (Lipinski definition) is 2. The second-order valence-corrected chi connectivity index (χ2v) is 7.72. The fraction of sp³-hybridized carbons (Fsp3) is 0.500. The average molecular weight is 428 g/mol. The van der Waals surface area contributed by atoms with Crippen molar-refractivity contribution >= 4 is 44.3 Å². The summed E-state index contributed by atoms with van der Waals surface area (Å²) in [6.45, 7) is 3.18. The molecule has 1 unspecified atom stereocenters. The van der Waals surface area contributed by atoms with Crippen molar-refractivity contribution in [3.8, 4) is 0 Å². The van der Waals surface area contributed by atoms with Gasteiger partial charge in [0.05, 0.1) is 17.1 Å². The molecule has 2 rings (SSSR count). The van der Waals surface area contributed by atoms with Crippen molar-refractivity contribution < 1.29 is 17.9 Å². The van der Waals surface area contributed by atoms with Crippen molar-refractivity contribution in [3.63, 3.8) is 0 Å². The smallest absolute Gasteiger partial charge is 0.338 e. The maximum Gasteiger partial charge on any atom is 0.338 e. The van der Waals surface area contributed by atoms with Crippen LogP contribution in [0.1, 0.15) is 30.1 Å². The monoisotopic (exact) mass is 426 g/mol. The number of carbonyl (C=O) groups is 1. The van der Waals surface area contributed by atoms with E-state index in [2.05, 4.69) is 26.0 Å². The zero-order chi connectivity index (χ0) is 16.2. The molecule has 1 aliphatic rings. The molecule has 1 aliphatic heterocycles. The predicted octanol–water partition coefficient (Wildman–Crippen LogP) is 2.08. The molecule has 0 aromatic heterocycles. The number of sulfonamides is 1. The van der Waals surface area contributed by atoms with Crippen LogP contribution >= 0.6 is 28.3 Å². The number of ether oxygens (including phenoxy) is 1. The van der Waals surface area contributed by atoms with Gasteiger partial charge in [-0.15, -0.1) is 12.4 Å². The first-order chi connectivity index (χ1) is 10.4. The van der Waals surface area contributed by atoms with Crippen LogP contribution in [0.15, 0.2) is 27.6 Å². The Morgan fingerprint density at radius 1 is 1.43 bits per heavy atom. The van der Waals surface area contributed by atoms with Gasteiger partial charge in [0.25, 0.3) is 0 Å². The molecule has 6 nitrogen and oxygen atoms in total. The molecule has 0 aliphatic carbocycles. The van der Waals surface area contributed by atoms with Crippen LogP contribution in [0.2, 0.25) is 0 Å². The Morgan fingerprint density at radius 3 is 2.78 bits per heavy atom. The number of nitrogens with one attached hydrogen (secondary N) is 2. The van der Waals surface area contributed by atoms with Crippen LogP contribution in [-0.2, 0) is 14.8 Å². The molecule has 1 aromatic rings. The molecule has 1 heterocycles. The highest BCUT2D eigenvalue weighted by Gasteiger charge is 2.21. The molecule has 1 fully saturated rings. The minimum Gasteiger partial charge on any atom is -0.462 e. The summed E-state index contributed by atoms with van der Waals surface area (Å²) in [5, 5.41) is 3.23. The number of carbonyl (C=O) groups excluding carboxylic acids is 1.